The van der Waals surface area contributed by atoms with Crippen LogP contribution in [0, 0.1) is 6.92 Å². The first-order valence-corrected chi connectivity index (χ1v) is 6.50. The molecule has 0 fully saturated rings. The summed E-state index contributed by atoms with van der Waals surface area (Å²) in [5, 5.41) is 2.69. The molecule has 0 aromatic heterocycles. The summed E-state index contributed by atoms with van der Waals surface area (Å²) in [5.41, 5.74) is 8.17. The van der Waals surface area contributed by atoms with Gasteiger partial charge in [-0.3, -0.25) is 9.59 Å². The van der Waals surface area contributed by atoms with Crippen LogP contribution in [0.2, 0.25) is 0 Å². The van der Waals surface area contributed by atoms with Crippen LogP contribution in [-0.4, -0.2) is 11.8 Å². The third-order valence-electron chi connectivity index (χ3n) is 2.88. The smallest absolute Gasteiger partial charge is 0.248 e. The van der Waals surface area contributed by atoms with Crippen LogP contribution >= 0.6 is 0 Å². The number of hydrogen-bond donors (Lipinski definition) is 2. The number of anilines is 1. The Morgan fingerprint density at radius 2 is 1.86 bits per heavy atom. The van der Waals surface area contributed by atoms with Crippen molar-refractivity contribution >= 4 is 23.6 Å². The molecule has 0 atom stereocenters. The van der Waals surface area contributed by atoms with Crippen LogP contribution in [0.4, 0.5) is 5.69 Å². The summed E-state index contributed by atoms with van der Waals surface area (Å²) in [7, 11) is 0. The highest BCUT2D eigenvalue weighted by Crippen LogP contribution is 2.11. The van der Waals surface area contributed by atoms with Crippen molar-refractivity contribution in [2.24, 2.45) is 5.73 Å². The van der Waals surface area contributed by atoms with Gasteiger partial charge < -0.3 is 11.1 Å². The van der Waals surface area contributed by atoms with Gasteiger partial charge >= 0.3 is 0 Å². The lowest BCUT2D eigenvalue weighted by Crippen LogP contribution is -2.12. The fraction of sp³-hybridized carbons (Fsp3) is 0.0588. The molecule has 4 heteroatoms. The van der Waals surface area contributed by atoms with E-state index in [1.807, 2.05) is 31.2 Å². The van der Waals surface area contributed by atoms with Crippen molar-refractivity contribution in [3.63, 3.8) is 0 Å². The number of benzene rings is 2. The van der Waals surface area contributed by atoms with E-state index in [9.17, 15) is 9.59 Å². The largest absolute Gasteiger partial charge is 0.366 e. The summed E-state index contributed by atoms with van der Waals surface area (Å²) in [6.45, 7) is 1.99. The second-order valence-corrected chi connectivity index (χ2v) is 4.68. The molecule has 106 valence electrons. The molecule has 0 saturated heterocycles. The molecule has 4 nitrogen and oxygen atoms in total. The average Bonchev–Trinajstić information content (AvgIpc) is 2.45. The molecule has 0 unspecified atom stereocenters. The Morgan fingerprint density at radius 1 is 1.10 bits per heavy atom. The maximum absolute atomic E-state index is 11.8. The molecule has 0 spiro atoms. The zero-order valence-corrected chi connectivity index (χ0v) is 11.7. The van der Waals surface area contributed by atoms with E-state index in [2.05, 4.69) is 5.32 Å². The SMILES string of the molecule is Cc1cccc(C=CC(=O)Nc2cccc(C(N)=O)c2)c1. The van der Waals surface area contributed by atoms with E-state index < -0.39 is 5.91 Å². The average molecular weight is 280 g/mol. The van der Waals surface area contributed by atoms with Gasteiger partial charge in [0.15, 0.2) is 0 Å². The lowest BCUT2D eigenvalue weighted by Gasteiger charge is -2.03. The van der Waals surface area contributed by atoms with E-state index in [0.717, 1.165) is 11.1 Å². The Bertz CT molecular complexity index is 705. The minimum Gasteiger partial charge on any atom is -0.366 e. The van der Waals surface area contributed by atoms with Gasteiger partial charge in [-0.15, -0.1) is 0 Å². The maximum atomic E-state index is 11.8. The van der Waals surface area contributed by atoms with E-state index in [-0.39, 0.29) is 5.91 Å². The summed E-state index contributed by atoms with van der Waals surface area (Å²) in [4.78, 5) is 22.9. The topological polar surface area (TPSA) is 72.2 Å². The predicted octanol–water partition coefficient (Wildman–Crippen LogP) is 2.75. The third-order valence-corrected chi connectivity index (χ3v) is 2.88. The number of aryl methyl sites for hydroxylation is 1. The number of amides is 2. The summed E-state index contributed by atoms with van der Waals surface area (Å²) in [5.74, 6) is -0.792. The highest BCUT2D eigenvalue weighted by Gasteiger charge is 2.03. The number of nitrogens with one attached hydrogen (secondary N) is 1. The quantitative estimate of drug-likeness (QED) is 0.845. The molecule has 2 rings (SSSR count). The predicted molar refractivity (Wildman–Crippen MR) is 83.8 cm³/mol. The van der Waals surface area contributed by atoms with Crippen molar-refractivity contribution in [1.82, 2.24) is 0 Å². The van der Waals surface area contributed by atoms with E-state index >= 15 is 0 Å². The Hall–Kier alpha value is -2.88. The van der Waals surface area contributed by atoms with Crippen LogP contribution in [-0.2, 0) is 4.79 Å². The van der Waals surface area contributed by atoms with Crippen LogP contribution in [0.15, 0.2) is 54.6 Å². The van der Waals surface area contributed by atoms with Crippen LogP contribution < -0.4 is 11.1 Å². The zero-order chi connectivity index (χ0) is 15.2. The molecule has 2 aromatic carbocycles. The Labute approximate surface area is 123 Å². The first-order valence-electron chi connectivity index (χ1n) is 6.50. The van der Waals surface area contributed by atoms with Gasteiger partial charge in [-0.2, -0.15) is 0 Å². The fourth-order valence-electron chi connectivity index (χ4n) is 1.88. The highest BCUT2D eigenvalue weighted by atomic mass is 16.1. The molecule has 21 heavy (non-hydrogen) atoms. The van der Waals surface area contributed by atoms with Gasteiger partial charge in [0.25, 0.3) is 0 Å². The highest BCUT2D eigenvalue weighted by molar-refractivity contribution is 6.03. The summed E-state index contributed by atoms with van der Waals surface area (Å²) < 4.78 is 0. The van der Waals surface area contributed by atoms with E-state index in [0.29, 0.717) is 11.3 Å². The first kappa shape index (κ1) is 14.5. The third kappa shape index (κ3) is 4.31. The summed E-state index contributed by atoms with van der Waals surface area (Å²) in [6.07, 6.45) is 3.19. The Kier molecular flexibility index (Phi) is 4.51. The monoisotopic (exact) mass is 280 g/mol. The van der Waals surface area contributed by atoms with E-state index in [4.69, 9.17) is 5.73 Å². The molecule has 0 radical (unpaired) electrons. The normalized spacial score (nSPS) is 10.5. The number of nitrogens with two attached hydrogens (primary N) is 1. The van der Waals surface area contributed by atoms with E-state index in [1.54, 1.807) is 30.3 Å². The van der Waals surface area contributed by atoms with Crippen molar-refractivity contribution in [2.45, 2.75) is 6.92 Å². The fourth-order valence-corrected chi connectivity index (χ4v) is 1.88. The summed E-state index contributed by atoms with van der Waals surface area (Å²) >= 11 is 0. The van der Waals surface area contributed by atoms with E-state index in [1.165, 1.54) is 6.08 Å². The Balaban J connectivity index is 2.05. The van der Waals surface area contributed by atoms with Gasteiger partial charge in [0.2, 0.25) is 11.8 Å². The second-order valence-electron chi connectivity index (χ2n) is 4.68. The van der Waals surface area contributed by atoms with Crippen LogP contribution in [0.25, 0.3) is 6.08 Å². The van der Waals surface area contributed by atoms with Gasteiger partial charge in [-0.25, -0.2) is 0 Å². The van der Waals surface area contributed by atoms with Crippen molar-refractivity contribution in [3.8, 4) is 0 Å². The molecular weight excluding hydrogens is 264 g/mol. The molecule has 0 aliphatic heterocycles. The molecule has 0 saturated carbocycles. The molecular formula is C17H16N2O2. The van der Waals surface area contributed by atoms with Crippen molar-refractivity contribution < 1.29 is 9.59 Å². The van der Waals surface area contributed by atoms with Crippen LogP contribution in [0.5, 0.6) is 0 Å². The first-order chi connectivity index (χ1) is 10.0. The van der Waals surface area contributed by atoms with Gasteiger partial charge in [0, 0.05) is 17.3 Å². The lowest BCUT2D eigenvalue weighted by molar-refractivity contribution is -0.111. The summed E-state index contributed by atoms with van der Waals surface area (Å²) in [6, 6.07) is 14.3. The molecule has 0 heterocycles. The van der Waals surface area contributed by atoms with Crippen molar-refractivity contribution in [1.29, 1.82) is 0 Å². The van der Waals surface area contributed by atoms with Crippen LogP contribution in [0.1, 0.15) is 21.5 Å². The van der Waals surface area contributed by atoms with Gasteiger partial charge in [0.05, 0.1) is 0 Å². The number of primary amides is 1. The van der Waals surface area contributed by atoms with Crippen molar-refractivity contribution in [2.75, 3.05) is 5.32 Å². The molecule has 0 aliphatic rings. The Morgan fingerprint density at radius 3 is 2.57 bits per heavy atom. The number of carbonyl (C=O) groups is 2. The minimum absolute atomic E-state index is 0.266. The molecule has 0 aliphatic carbocycles. The molecule has 2 amide bonds. The maximum Gasteiger partial charge on any atom is 0.248 e. The molecule has 3 N–H and O–H groups in total. The second kappa shape index (κ2) is 6.52. The van der Waals surface area contributed by atoms with Gasteiger partial charge in [-0.05, 0) is 36.8 Å². The molecule has 2 aromatic rings. The van der Waals surface area contributed by atoms with Crippen LogP contribution in [0.3, 0.4) is 0 Å². The standard InChI is InChI=1S/C17H16N2O2/c1-12-4-2-5-13(10-12)8-9-16(20)19-15-7-3-6-14(11-15)17(18)21/h2-11H,1H3,(H2,18,21)(H,19,20). The van der Waals surface area contributed by atoms with Crippen molar-refractivity contribution in [3.05, 3.63) is 71.3 Å². The lowest BCUT2D eigenvalue weighted by atomic mass is 10.1. The number of rotatable bonds is 4. The van der Waals surface area contributed by atoms with Gasteiger partial charge in [-0.1, -0.05) is 35.9 Å². The number of carbonyl (C=O) groups excluding carboxylic acids is 2. The zero-order valence-electron chi connectivity index (χ0n) is 11.7. The molecule has 0 bridgehead atoms. The number of hydrogen-bond acceptors (Lipinski definition) is 2. The minimum atomic E-state index is -0.526. The van der Waals surface area contributed by atoms with Gasteiger partial charge in [0.1, 0.15) is 0 Å².